The molecule has 0 bridgehead atoms. The summed E-state index contributed by atoms with van der Waals surface area (Å²) in [5.74, 6) is 0. The van der Waals surface area contributed by atoms with Crippen LogP contribution in [0.5, 0.6) is 0 Å². The van der Waals surface area contributed by atoms with E-state index in [4.69, 9.17) is 0 Å². The second-order valence-corrected chi connectivity index (χ2v) is 9.46. The number of benzene rings is 1. The number of aryl methyl sites for hydroxylation is 1. The van der Waals surface area contributed by atoms with Crippen molar-refractivity contribution < 1.29 is 0 Å². The summed E-state index contributed by atoms with van der Waals surface area (Å²) < 4.78 is 0. The monoisotopic (exact) mass is 424 g/mol. The summed E-state index contributed by atoms with van der Waals surface area (Å²) in [7, 11) is 0. The van der Waals surface area contributed by atoms with Crippen LogP contribution >= 0.6 is 0 Å². The van der Waals surface area contributed by atoms with Crippen LogP contribution in [0.2, 0.25) is 0 Å². The first-order valence-electron chi connectivity index (χ1n) is 13.2. The molecule has 0 saturated carbocycles. The SMILES string of the molecule is C=C(NCCCCCCCCCCCCCCCCCC)c1c[nH]c2ccc(C)cc12. The molecule has 2 nitrogen and oxygen atoms in total. The molecule has 0 saturated heterocycles. The van der Waals surface area contributed by atoms with Gasteiger partial charge < -0.3 is 10.3 Å². The van der Waals surface area contributed by atoms with Crippen LogP contribution < -0.4 is 5.32 Å². The Labute approximate surface area is 192 Å². The third-order valence-corrected chi connectivity index (χ3v) is 6.53. The molecule has 0 fully saturated rings. The Morgan fingerprint density at radius 1 is 0.774 bits per heavy atom. The second-order valence-electron chi connectivity index (χ2n) is 9.46. The number of nitrogens with one attached hydrogen (secondary N) is 2. The molecule has 1 heterocycles. The van der Waals surface area contributed by atoms with Crippen LogP contribution in [-0.2, 0) is 0 Å². The summed E-state index contributed by atoms with van der Waals surface area (Å²) in [6, 6.07) is 6.54. The minimum absolute atomic E-state index is 1.02. The van der Waals surface area contributed by atoms with Crippen LogP contribution in [0, 0.1) is 6.92 Å². The number of fused-ring (bicyclic) bond motifs is 1. The van der Waals surface area contributed by atoms with Crippen LogP contribution in [0.25, 0.3) is 16.6 Å². The van der Waals surface area contributed by atoms with E-state index in [-0.39, 0.29) is 0 Å². The molecule has 31 heavy (non-hydrogen) atoms. The van der Waals surface area contributed by atoms with Gasteiger partial charge in [-0.15, -0.1) is 0 Å². The third kappa shape index (κ3) is 10.4. The highest BCUT2D eigenvalue weighted by molar-refractivity contribution is 5.92. The van der Waals surface area contributed by atoms with Gasteiger partial charge in [-0.2, -0.15) is 0 Å². The number of H-pyrrole nitrogens is 1. The molecule has 174 valence electrons. The number of aromatic nitrogens is 1. The maximum absolute atomic E-state index is 4.26. The molecule has 0 aliphatic carbocycles. The van der Waals surface area contributed by atoms with Gasteiger partial charge in [0.25, 0.3) is 0 Å². The Balaban J connectivity index is 1.38. The van der Waals surface area contributed by atoms with Crippen molar-refractivity contribution in [3.05, 3.63) is 42.1 Å². The minimum Gasteiger partial charge on any atom is -0.385 e. The van der Waals surface area contributed by atoms with Crippen LogP contribution in [-0.4, -0.2) is 11.5 Å². The molecule has 0 spiro atoms. The van der Waals surface area contributed by atoms with E-state index in [1.165, 1.54) is 125 Å². The number of hydrogen-bond donors (Lipinski definition) is 2. The second kappa shape index (κ2) is 16.0. The molecule has 2 rings (SSSR count). The highest BCUT2D eigenvalue weighted by atomic mass is 14.9. The van der Waals surface area contributed by atoms with Crippen molar-refractivity contribution in [3.63, 3.8) is 0 Å². The zero-order valence-corrected chi connectivity index (χ0v) is 20.5. The van der Waals surface area contributed by atoms with Crippen LogP contribution in [0.4, 0.5) is 0 Å². The number of unbranched alkanes of at least 4 members (excludes halogenated alkanes) is 15. The van der Waals surface area contributed by atoms with Crippen LogP contribution in [0.15, 0.2) is 31.0 Å². The first-order chi connectivity index (χ1) is 15.2. The van der Waals surface area contributed by atoms with Crippen LogP contribution in [0.1, 0.15) is 121 Å². The molecule has 0 unspecified atom stereocenters. The van der Waals surface area contributed by atoms with Gasteiger partial charge in [-0.1, -0.05) is 121 Å². The van der Waals surface area contributed by atoms with Crippen molar-refractivity contribution in [1.82, 2.24) is 10.3 Å². The normalized spacial score (nSPS) is 11.3. The van der Waals surface area contributed by atoms with Gasteiger partial charge in [-0.05, 0) is 25.5 Å². The van der Waals surface area contributed by atoms with E-state index in [0.29, 0.717) is 0 Å². The van der Waals surface area contributed by atoms with Gasteiger partial charge in [-0.3, -0.25) is 0 Å². The number of hydrogen-bond acceptors (Lipinski definition) is 1. The summed E-state index contributed by atoms with van der Waals surface area (Å²) in [5, 5.41) is 4.80. The van der Waals surface area contributed by atoms with Crippen molar-refractivity contribution in [1.29, 1.82) is 0 Å². The van der Waals surface area contributed by atoms with Crippen molar-refractivity contribution in [3.8, 4) is 0 Å². The molecule has 0 atom stereocenters. The first-order valence-corrected chi connectivity index (χ1v) is 13.2. The average molecular weight is 425 g/mol. The van der Waals surface area contributed by atoms with Gasteiger partial charge in [0.1, 0.15) is 0 Å². The Kier molecular flexibility index (Phi) is 13.2. The molecular formula is C29H48N2. The highest BCUT2D eigenvalue weighted by Gasteiger charge is 2.06. The van der Waals surface area contributed by atoms with E-state index in [2.05, 4.69) is 55.1 Å². The van der Waals surface area contributed by atoms with E-state index in [9.17, 15) is 0 Å². The van der Waals surface area contributed by atoms with E-state index in [1.54, 1.807) is 0 Å². The predicted octanol–water partition coefficient (Wildman–Crippen LogP) is 9.30. The topological polar surface area (TPSA) is 27.8 Å². The lowest BCUT2D eigenvalue weighted by Gasteiger charge is -2.09. The molecule has 1 aromatic carbocycles. The average Bonchev–Trinajstić information content (AvgIpc) is 3.19. The summed E-state index contributed by atoms with van der Waals surface area (Å²) >= 11 is 0. The van der Waals surface area contributed by atoms with Gasteiger partial charge in [0.05, 0.1) is 0 Å². The van der Waals surface area contributed by atoms with Gasteiger partial charge in [0.15, 0.2) is 0 Å². The fourth-order valence-electron chi connectivity index (χ4n) is 4.49. The number of rotatable bonds is 19. The molecule has 2 aromatic rings. The Bertz CT molecular complexity index is 727. The maximum atomic E-state index is 4.26. The molecule has 1 aromatic heterocycles. The Morgan fingerprint density at radius 3 is 1.84 bits per heavy atom. The third-order valence-electron chi connectivity index (χ3n) is 6.53. The quantitative estimate of drug-likeness (QED) is 0.216. The smallest absolute Gasteiger partial charge is 0.0461 e. The summed E-state index contributed by atoms with van der Waals surface area (Å²) in [5.41, 5.74) is 4.72. The van der Waals surface area contributed by atoms with E-state index < -0.39 is 0 Å². The molecule has 0 radical (unpaired) electrons. The lowest BCUT2D eigenvalue weighted by atomic mass is 10.0. The maximum Gasteiger partial charge on any atom is 0.0461 e. The van der Waals surface area contributed by atoms with Crippen molar-refractivity contribution in [2.75, 3.05) is 6.54 Å². The first kappa shape index (κ1) is 25.6. The standard InChI is InChI=1S/C29H48N2/c1-4-5-6-7-8-9-10-11-12-13-14-15-16-17-18-19-22-30-26(3)28-24-31-29-21-20-25(2)23-27(28)29/h20-21,23-24,30-31H,3-19,22H2,1-2H3. The summed E-state index contributed by atoms with van der Waals surface area (Å²) in [6.07, 6.45) is 24.7. The predicted molar refractivity (Wildman–Crippen MR) is 140 cm³/mol. The number of aromatic amines is 1. The van der Waals surface area contributed by atoms with Gasteiger partial charge in [0.2, 0.25) is 0 Å². The molecule has 2 N–H and O–H groups in total. The zero-order valence-electron chi connectivity index (χ0n) is 20.5. The highest BCUT2D eigenvalue weighted by Crippen LogP contribution is 2.24. The lowest BCUT2D eigenvalue weighted by molar-refractivity contribution is 0.529. The Hall–Kier alpha value is -1.70. The van der Waals surface area contributed by atoms with Crippen molar-refractivity contribution >= 4 is 16.6 Å². The zero-order chi connectivity index (χ0) is 22.2. The molecule has 0 amide bonds. The van der Waals surface area contributed by atoms with Gasteiger partial charge in [-0.25, -0.2) is 0 Å². The van der Waals surface area contributed by atoms with E-state index in [1.807, 2.05) is 0 Å². The minimum atomic E-state index is 1.02. The summed E-state index contributed by atoms with van der Waals surface area (Å²) in [6.45, 7) is 9.72. The van der Waals surface area contributed by atoms with E-state index in [0.717, 1.165) is 12.2 Å². The van der Waals surface area contributed by atoms with Crippen LogP contribution in [0.3, 0.4) is 0 Å². The Morgan fingerprint density at radius 2 is 1.29 bits per heavy atom. The van der Waals surface area contributed by atoms with E-state index >= 15 is 0 Å². The largest absolute Gasteiger partial charge is 0.385 e. The molecule has 0 aliphatic rings. The van der Waals surface area contributed by atoms with Crippen molar-refractivity contribution in [2.24, 2.45) is 0 Å². The molecular weight excluding hydrogens is 376 g/mol. The van der Waals surface area contributed by atoms with Gasteiger partial charge >= 0.3 is 0 Å². The van der Waals surface area contributed by atoms with Gasteiger partial charge in [0, 0.05) is 34.9 Å². The fourth-order valence-corrected chi connectivity index (χ4v) is 4.49. The summed E-state index contributed by atoms with van der Waals surface area (Å²) in [4.78, 5) is 3.35. The molecule has 0 aliphatic heterocycles. The lowest BCUT2D eigenvalue weighted by Crippen LogP contribution is -2.12. The molecule has 2 heteroatoms. The fraction of sp³-hybridized carbons (Fsp3) is 0.655. The van der Waals surface area contributed by atoms with Crippen molar-refractivity contribution in [2.45, 2.75) is 117 Å².